The molecular formula is C88H96N24O24. The first-order valence-electron chi connectivity index (χ1n) is 44.1. The number of imidazole rings is 4. The number of para-hydroxylation sites is 4. The number of hydrogen-bond acceptors (Lipinski definition) is 36. The van der Waals surface area contributed by atoms with E-state index in [-0.39, 0.29) is 143 Å². The van der Waals surface area contributed by atoms with E-state index in [4.69, 9.17) is 98.7 Å². The van der Waals surface area contributed by atoms with E-state index in [1.54, 1.807) is 73.7 Å². The molecule has 8 aromatic heterocycles. The lowest BCUT2D eigenvalue weighted by atomic mass is 9.91. The van der Waals surface area contributed by atoms with Crippen molar-refractivity contribution in [2.45, 2.75) is 202 Å². The average Bonchev–Trinajstić information content (AvgIpc) is 1.59. The summed E-state index contributed by atoms with van der Waals surface area (Å²) in [5.41, 5.74) is 26.9. The average molecular weight is 1870 g/mol. The minimum Gasteiger partial charge on any atom is -0.483 e. The molecule has 48 nitrogen and oxygen atoms in total. The van der Waals surface area contributed by atoms with Crippen LogP contribution in [0.4, 0.5) is 23.8 Å². The predicted octanol–water partition coefficient (Wildman–Crippen LogP) is 0.875. The molecule has 12 aromatic rings. The smallest absolute Gasteiger partial charge is 0.280 e. The van der Waals surface area contributed by atoms with E-state index in [0.717, 1.165) is 0 Å². The molecular weight excluding hydrogens is 1780 g/mol. The number of fused-ring (bicyclic) bond motifs is 16. The molecule has 16 N–H and O–H groups in total. The molecule has 21 rings (SSSR count). The largest absolute Gasteiger partial charge is 0.483 e. The Morgan fingerprint density at radius 3 is 0.721 bits per heavy atom. The number of nitrogens with two attached hydrogens (primary N) is 4. The summed E-state index contributed by atoms with van der Waals surface area (Å²) in [5.74, 6) is -6.14. The van der Waals surface area contributed by atoms with Gasteiger partial charge in [0.1, 0.15) is 96.2 Å². The molecule has 0 saturated carbocycles. The number of carbonyl (C=O) groups is 4. The fourth-order valence-electron chi connectivity index (χ4n) is 19.5. The molecule has 712 valence electrons. The fourth-order valence-corrected chi connectivity index (χ4v) is 19.5. The summed E-state index contributed by atoms with van der Waals surface area (Å²) in [6, 6.07) is 22.1. The molecule has 0 spiro atoms. The van der Waals surface area contributed by atoms with Crippen molar-refractivity contribution in [3.05, 3.63) is 184 Å². The van der Waals surface area contributed by atoms with Crippen LogP contribution in [0.25, 0.3) is 44.7 Å². The number of nitrogen functional groups attached to an aromatic ring is 4. The second-order valence-electron chi connectivity index (χ2n) is 36.3. The Bertz CT molecular complexity index is 6140. The summed E-state index contributed by atoms with van der Waals surface area (Å²) in [4.78, 5) is 155. The summed E-state index contributed by atoms with van der Waals surface area (Å²) in [5, 5.41) is 12.0. The van der Waals surface area contributed by atoms with Crippen molar-refractivity contribution in [3.8, 4) is 23.0 Å². The first-order valence-corrected chi connectivity index (χ1v) is 44.1. The van der Waals surface area contributed by atoms with E-state index in [1.165, 1.54) is 25.3 Å². The zero-order chi connectivity index (χ0) is 94.4. The lowest BCUT2D eigenvalue weighted by Crippen LogP contribution is -2.41. The van der Waals surface area contributed by atoms with E-state index in [1.807, 2.05) is 72.8 Å². The first kappa shape index (κ1) is 88.7. The summed E-state index contributed by atoms with van der Waals surface area (Å²) in [6.07, 6.45) is -7.36. The number of hydrogen-bond donors (Lipinski definition) is 12. The zero-order valence-electron chi connectivity index (χ0n) is 74.4. The number of rotatable bonds is 24. The molecule has 1 aliphatic carbocycles. The van der Waals surface area contributed by atoms with Gasteiger partial charge in [-0.25, -0.2) is 19.9 Å². The van der Waals surface area contributed by atoms with E-state index in [9.17, 15) is 38.4 Å². The minimum absolute atomic E-state index is 0.0165. The van der Waals surface area contributed by atoms with Crippen molar-refractivity contribution in [1.29, 1.82) is 0 Å². The highest BCUT2D eigenvalue weighted by atomic mass is 16.8. The maximum Gasteiger partial charge on any atom is 0.280 e. The summed E-state index contributed by atoms with van der Waals surface area (Å²) >= 11 is 0. The Morgan fingerprint density at radius 2 is 0.522 bits per heavy atom. The third-order valence-corrected chi connectivity index (χ3v) is 25.0. The van der Waals surface area contributed by atoms with Gasteiger partial charge in [-0.05, 0) is 99.9 Å². The van der Waals surface area contributed by atoms with Gasteiger partial charge in [0.15, 0.2) is 119 Å². The maximum atomic E-state index is 14.7. The van der Waals surface area contributed by atoms with Crippen LogP contribution in [0.3, 0.4) is 0 Å². The van der Waals surface area contributed by atoms with Crippen LogP contribution in [0.15, 0.2) is 117 Å². The minimum atomic E-state index is -1.10. The number of anilines is 4. The van der Waals surface area contributed by atoms with E-state index in [0.29, 0.717) is 44.5 Å². The van der Waals surface area contributed by atoms with Crippen LogP contribution in [0, 0.1) is 0 Å². The Labute approximate surface area is 768 Å². The molecule has 48 heteroatoms. The maximum absolute atomic E-state index is 14.7. The molecule has 136 heavy (non-hydrogen) atoms. The summed E-state index contributed by atoms with van der Waals surface area (Å²) in [7, 11) is 0. The van der Waals surface area contributed by atoms with Crippen LogP contribution in [-0.2, 0) is 102 Å². The number of nitrogens with zero attached hydrogens (tertiary/aromatic N) is 12. The predicted molar refractivity (Wildman–Crippen MR) is 472 cm³/mol. The number of benzene rings is 4. The van der Waals surface area contributed by atoms with E-state index >= 15 is 0 Å². The number of amides is 4. The lowest BCUT2D eigenvalue weighted by Gasteiger charge is -2.25. The van der Waals surface area contributed by atoms with Crippen LogP contribution < -0.4 is 85.4 Å². The summed E-state index contributed by atoms with van der Waals surface area (Å²) < 4.78 is 111. The zero-order valence-corrected chi connectivity index (χ0v) is 74.4. The molecule has 8 aliphatic heterocycles. The van der Waals surface area contributed by atoms with Crippen LogP contribution in [-0.4, -0.2) is 251 Å². The van der Waals surface area contributed by atoms with Gasteiger partial charge in [-0.15, -0.1) is 0 Å². The van der Waals surface area contributed by atoms with Gasteiger partial charge in [-0.1, -0.05) is 72.8 Å². The number of ether oxygens (including phenoxy) is 16. The van der Waals surface area contributed by atoms with Gasteiger partial charge in [0.05, 0.1) is 25.3 Å². The number of aromatic amines is 4. The van der Waals surface area contributed by atoms with E-state index in [2.05, 4.69) is 81.1 Å². The van der Waals surface area contributed by atoms with E-state index < -0.39 is 194 Å². The Kier molecular flexibility index (Phi) is 22.3. The molecule has 16 heterocycles. The molecule has 0 radical (unpaired) electrons. The van der Waals surface area contributed by atoms with Crippen LogP contribution in [0.1, 0.15) is 125 Å². The Morgan fingerprint density at radius 1 is 0.331 bits per heavy atom. The monoisotopic (exact) mass is 1870 g/mol. The molecule has 8 saturated heterocycles. The van der Waals surface area contributed by atoms with Crippen molar-refractivity contribution >= 4 is 92.1 Å². The van der Waals surface area contributed by atoms with Gasteiger partial charge >= 0.3 is 0 Å². The standard InChI is InChI=1S/C88H96N24O24/c1-85(2)129-61-45(125-77(65(61)133-85)109-33-97-53-69(109)101-81(89)105-73(53)117)25-93-49(113)29-121-57-37-13-9-14-38(57)22-40-16-11-18-42(59(40)123-31-51(115)95-27-47-63-67(135-87(5,6)131-63)79(127-47)111-35-99-55-71(111)103-83(91)107-75(55)119)24-44-20-12-19-43(60(44)124-32-52(116)96-28-48-64-68(136-88(7,8)132-64)80(128-48)112-36-100-56-72(112)104-84(92)108-76(56)120)23-41-17-10-15-39(21-37)58(41)122-30-50(114)94-26-46-62-66(134-86(3,4)130-62)78(126-46)110-34-98-54-70(110)102-82(90)106-74(54)118/h9-20,33-36,45-48,61-68,77-80H,21-32H2,1-8H3,(H,93,113)(H,94,114)(H,95,115)(H,96,116)(H3,89,101,105,117)(H3,90,102,106,118)(H3,91,103,107,119)(H3,92,104,108,120). The SMILES string of the molecule is CC1(C)OC2C(CNC(=O)COc3c4cccc3Cc3cccc(c3OCC(=O)NCC3OC(n5cnc6c(=O)[nH]c(N)nc65)C5OC(C)(C)OC35)Cc3cccc(c3OCC(=O)NCC3OC(n5cnc6c(=O)[nH]c(N)nc65)C5OC(C)(C)OC35)Cc3cccc(c3OCC(=O)NCC3OC(n5cnc6c(=O)[nH]c(N)nc65)C5OC(C)(C)OC35)C4)OC(n3cnc4c(=O)[nH]c(N)nc43)C2O1. The molecule has 16 atom stereocenters. The van der Waals surface area contributed by atoms with Crippen molar-refractivity contribution in [1.82, 2.24) is 99.3 Å². The third kappa shape index (κ3) is 16.8. The van der Waals surface area contributed by atoms with Gasteiger partial charge in [-0.2, -0.15) is 19.9 Å². The van der Waals surface area contributed by atoms with Gasteiger partial charge in [0.2, 0.25) is 23.8 Å². The highest BCUT2D eigenvalue weighted by molar-refractivity contribution is 5.80. The van der Waals surface area contributed by atoms with Gasteiger partial charge in [-0.3, -0.25) is 76.6 Å². The molecule has 8 bridgehead atoms. The normalized spacial score (nSPS) is 26.3. The Balaban J connectivity index is 0.599. The summed E-state index contributed by atoms with van der Waals surface area (Å²) in [6.45, 7) is 11.3. The first-order chi connectivity index (χ1) is 65.2. The number of carbonyl (C=O) groups excluding carboxylic acids is 4. The molecule has 9 aliphatic rings. The number of aromatic nitrogens is 16. The highest BCUT2D eigenvalue weighted by Gasteiger charge is 2.61. The van der Waals surface area contributed by atoms with Crippen molar-refractivity contribution in [2.24, 2.45) is 0 Å². The number of nitrogens with one attached hydrogen (secondary N) is 8. The topological polar surface area (TPSA) is 622 Å². The quantitative estimate of drug-likeness (QED) is 0.0399. The second kappa shape index (κ2) is 34.2. The molecule has 16 unspecified atom stereocenters. The van der Waals surface area contributed by atoms with Gasteiger partial charge < -0.3 is 120 Å². The van der Waals surface area contributed by atoms with Crippen LogP contribution >= 0.6 is 0 Å². The van der Waals surface area contributed by atoms with Crippen molar-refractivity contribution in [2.75, 3.05) is 75.5 Å². The van der Waals surface area contributed by atoms with Gasteiger partial charge in [0.25, 0.3) is 45.9 Å². The molecule has 4 aromatic carbocycles. The van der Waals surface area contributed by atoms with Gasteiger partial charge in [0, 0.05) is 51.9 Å². The van der Waals surface area contributed by atoms with Crippen molar-refractivity contribution in [3.63, 3.8) is 0 Å². The van der Waals surface area contributed by atoms with Crippen molar-refractivity contribution < 1.29 is 95.0 Å². The third-order valence-electron chi connectivity index (χ3n) is 25.0. The fraction of sp³-hybridized carbons (Fsp3) is 0.455. The molecule has 4 amide bonds. The second-order valence-corrected chi connectivity index (χ2v) is 36.3. The molecule has 8 fully saturated rings. The van der Waals surface area contributed by atoms with Crippen LogP contribution in [0.5, 0.6) is 23.0 Å². The van der Waals surface area contributed by atoms with Crippen LogP contribution in [0.2, 0.25) is 0 Å². The lowest BCUT2D eigenvalue weighted by molar-refractivity contribution is -0.196. The highest BCUT2D eigenvalue weighted by Crippen LogP contribution is 2.50. The Hall–Kier alpha value is -13.9. The number of H-pyrrole nitrogens is 4.